The first-order valence-corrected chi connectivity index (χ1v) is 10.7. The van der Waals surface area contributed by atoms with Gasteiger partial charge in [0.1, 0.15) is 11.5 Å². The van der Waals surface area contributed by atoms with Crippen LogP contribution in [0.2, 0.25) is 0 Å². The largest absolute Gasteiger partial charge is 0.507 e. The van der Waals surface area contributed by atoms with E-state index in [1.807, 2.05) is 37.3 Å². The Morgan fingerprint density at radius 3 is 2.47 bits per heavy atom. The lowest BCUT2D eigenvalue weighted by Gasteiger charge is -2.33. The number of aryl methyl sites for hydroxylation is 2. The normalized spacial score (nSPS) is 17.9. The SMILES string of the molecule is COc1ccc(CO[C@H]2CCC(O)c3c2c(CO)c2cc(C)c(C=O)c(C)c2c3O)cc1. The standard InChI is InChI=1S/C26H28O6/c1-14-10-18-20(12-28)24-22(32-13-16-4-6-17(31-3)7-5-16)9-8-21(29)25(24)26(30)23(18)15(2)19(14)11-27/h4-7,10-11,21-22,28-30H,8-9,12-13H2,1-3H3/t21?,22-/m0/s1. The molecule has 3 N–H and O–H groups in total. The lowest BCUT2D eigenvalue weighted by molar-refractivity contribution is 0.00781. The number of phenols is 1. The van der Waals surface area contributed by atoms with E-state index in [0.29, 0.717) is 58.0 Å². The molecule has 0 aliphatic heterocycles. The summed E-state index contributed by atoms with van der Waals surface area (Å²) in [5.74, 6) is 0.720. The average Bonchev–Trinajstić information content (AvgIpc) is 2.79. The molecular weight excluding hydrogens is 408 g/mol. The summed E-state index contributed by atoms with van der Waals surface area (Å²) in [6.45, 7) is 3.68. The molecule has 1 aliphatic carbocycles. The molecule has 0 amide bonds. The third kappa shape index (κ3) is 3.64. The van der Waals surface area contributed by atoms with Gasteiger partial charge in [-0.05, 0) is 72.0 Å². The van der Waals surface area contributed by atoms with Crippen molar-refractivity contribution < 1.29 is 29.6 Å². The highest BCUT2D eigenvalue weighted by Gasteiger charge is 2.34. The molecule has 0 spiro atoms. The number of hydrogen-bond donors (Lipinski definition) is 3. The number of carbonyl (C=O) groups is 1. The topological polar surface area (TPSA) is 96.2 Å². The maximum Gasteiger partial charge on any atom is 0.150 e. The molecule has 0 fully saturated rings. The zero-order chi connectivity index (χ0) is 23.0. The predicted molar refractivity (Wildman–Crippen MR) is 121 cm³/mol. The van der Waals surface area contributed by atoms with Crippen LogP contribution in [0.15, 0.2) is 30.3 Å². The third-order valence-corrected chi connectivity index (χ3v) is 6.51. The first-order chi connectivity index (χ1) is 15.4. The van der Waals surface area contributed by atoms with E-state index < -0.39 is 6.10 Å². The van der Waals surface area contributed by atoms with Crippen LogP contribution in [0.5, 0.6) is 11.5 Å². The number of ether oxygens (including phenoxy) is 2. The van der Waals surface area contributed by atoms with Gasteiger partial charge in [-0.2, -0.15) is 0 Å². The highest BCUT2D eigenvalue weighted by molar-refractivity contribution is 6.01. The van der Waals surface area contributed by atoms with E-state index in [1.54, 1.807) is 14.0 Å². The van der Waals surface area contributed by atoms with Crippen molar-refractivity contribution in [2.75, 3.05) is 7.11 Å². The smallest absolute Gasteiger partial charge is 0.150 e. The van der Waals surface area contributed by atoms with Crippen LogP contribution in [0, 0.1) is 13.8 Å². The molecule has 32 heavy (non-hydrogen) atoms. The van der Waals surface area contributed by atoms with Crippen molar-refractivity contribution in [3.63, 3.8) is 0 Å². The van der Waals surface area contributed by atoms with Gasteiger partial charge in [-0.3, -0.25) is 4.79 Å². The predicted octanol–water partition coefficient (Wildman–Crippen LogP) is 4.56. The second-order valence-electron chi connectivity index (χ2n) is 8.33. The zero-order valence-electron chi connectivity index (χ0n) is 18.5. The lowest BCUT2D eigenvalue weighted by Crippen LogP contribution is -2.20. The number of aldehydes is 1. The zero-order valence-corrected chi connectivity index (χ0v) is 18.5. The number of phenolic OH excluding ortho intramolecular Hbond substituents is 1. The second kappa shape index (κ2) is 8.90. The van der Waals surface area contributed by atoms with Gasteiger partial charge in [-0.25, -0.2) is 0 Å². The van der Waals surface area contributed by atoms with Crippen LogP contribution in [0.25, 0.3) is 10.8 Å². The van der Waals surface area contributed by atoms with Crippen molar-refractivity contribution in [1.29, 1.82) is 0 Å². The number of methoxy groups -OCH3 is 1. The Kier molecular flexibility index (Phi) is 6.20. The number of fused-ring (bicyclic) bond motifs is 2. The summed E-state index contributed by atoms with van der Waals surface area (Å²) in [5, 5.41) is 33.5. The molecule has 0 saturated heterocycles. The quantitative estimate of drug-likeness (QED) is 0.490. The van der Waals surface area contributed by atoms with Crippen LogP contribution >= 0.6 is 0 Å². The average molecular weight is 437 g/mol. The summed E-state index contributed by atoms with van der Waals surface area (Å²) in [4.78, 5) is 11.6. The maximum atomic E-state index is 11.6. The van der Waals surface area contributed by atoms with E-state index in [-0.39, 0.29) is 18.5 Å². The molecule has 1 unspecified atom stereocenters. The van der Waals surface area contributed by atoms with Gasteiger partial charge in [0.05, 0.1) is 32.5 Å². The lowest BCUT2D eigenvalue weighted by atomic mass is 9.79. The van der Waals surface area contributed by atoms with E-state index in [2.05, 4.69) is 0 Å². The summed E-state index contributed by atoms with van der Waals surface area (Å²) in [7, 11) is 1.62. The van der Waals surface area contributed by atoms with E-state index >= 15 is 0 Å². The molecule has 0 radical (unpaired) electrons. The monoisotopic (exact) mass is 436 g/mol. The number of rotatable bonds is 6. The Balaban J connectivity index is 1.84. The number of hydrogen-bond acceptors (Lipinski definition) is 6. The van der Waals surface area contributed by atoms with Crippen molar-refractivity contribution >= 4 is 17.1 Å². The molecule has 6 heteroatoms. The van der Waals surface area contributed by atoms with Gasteiger partial charge in [0, 0.05) is 16.5 Å². The summed E-state index contributed by atoms with van der Waals surface area (Å²) in [6.07, 6.45) is 0.501. The van der Waals surface area contributed by atoms with Crippen LogP contribution in [-0.2, 0) is 18.0 Å². The summed E-state index contributed by atoms with van der Waals surface area (Å²) in [5.41, 5.74) is 4.53. The van der Waals surface area contributed by atoms with E-state index in [1.165, 1.54) is 0 Å². The Morgan fingerprint density at radius 1 is 1.12 bits per heavy atom. The second-order valence-corrected chi connectivity index (χ2v) is 8.33. The Morgan fingerprint density at radius 2 is 1.84 bits per heavy atom. The highest BCUT2D eigenvalue weighted by atomic mass is 16.5. The minimum absolute atomic E-state index is 0.0435. The molecule has 0 bridgehead atoms. The van der Waals surface area contributed by atoms with Crippen molar-refractivity contribution in [2.24, 2.45) is 0 Å². The van der Waals surface area contributed by atoms with Crippen LogP contribution in [-0.4, -0.2) is 28.7 Å². The van der Waals surface area contributed by atoms with E-state index in [0.717, 1.165) is 23.2 Å². The van der Waals surface area contributed by atoms with Crippen molar-refractivity contribution in [1.82, 2.24) is 0 Å². The van der Waals surface area contributed by atoms with Gasteiger partial charge in [-0.1, -0.05) is 18.2 Å². The molecule has 6 nitrogen and oxygen atoms in total. The molecule has 3 aromatic carbocycles. The molecule has 3 aromatic rings. The van der Waals surface area contributed by atoms with Gasteiger partial charge in [0.25, 0.3) is 0 Å². The van der Waals surface area contributed by atoms with E-state index in [9.17, 15) is 20.1 Å². The molecule has 2 atom stereocenters. The molecular formula is C26H28O6. The van der Waals surface area contributed by atoms with Gasteiger partial charge in [0.15, 0.2) is 6.29 Å². The van der Waals surface area contributed by atoms with Crippen LogP contribution in [0.3, 0.4) is 0 Å². The fourth-order valence-corrected chi connectivity index (χ4v) is 4.85. The highest BCUT2D eigenvalue weighted by Crippen LogP contribution is 2.49. The van der Waals surface area contributed by atoms with Gasteiger partial charge in [0.2, 0.25) is 0 Å². The minimum Gasteiger partial charge on any atom is -0.507 e. The number of benzene rings is 3. The molecule has 1 aliphatic rings. The van der Waals surface area contributed by atoms with Gasteiger partial charge >= 0.3 is 0 Å². The maximum absolute atomic E-state index is 11.6. The summed E-state index contributed by atoms with van der Waals surface area (Å²) < 4.78 is 11.4. The Bertz CT molecular complexity index is 1170. The van der Waals surface area contributed by atoms with Crippen molar-refractivity contribution in [3.05, 3.63) is 69.3 Å². The Labute approximate surface area is 187 Å². The molecule has 4 rings (SSSR count). The summed E-state index contributed by atoms with van der Waals surface area (Å²) >= 11 is 0. The van der Waals surface area contributed by atoms with Gasteiger partial charge < -0.3 is 24.8 Å². The van der Waals surface area contributed by atoms with E-state index in [4.69, 9.17) is 9.47 Å². The van der Waals surface area contributed by atoms with Crippen molar-refractivity contribution in [3.8, 4) is 11.5 Å². The third-order valence-electron chi connectivity index (χ3n) is 6.51. The fourth-order valence-electron chi connectivity index (χ4n) is 4.85. The number of aliphatic hydroxyl groups is 2. The summed E-state index contributed by atoms with van der Waals surface area (Å²) in [6, 6.07) is 9.41. The molecule has 168 valence electrons. The molecule has 0 heterocycles. The number of aliphatic hydroxyl groups excluding tert-OH is 2. The first kappa shape index (κ1) is 22.3. The van der Waals surface area contributed by atoms with Crippen LogP contribution < -0.4 is 4.74 Å². The van der Waals surface area contributed by atoms with Gasteiger partial charge in [-0.15, -0.1) is 0 Å². The van der Waals surface area contributed by atoms with Crippen molar-refractivity contribution in [2.45, 2.75) is 52.1 Å². The fraction of sp³-hybridized carbons (Fsp3) is 0.346. The molecule has 0 aromatic heterocycles. The molecule has 0 saturated carbocycles. The number of carbonyl (C=O) groups excluding carboxylic acids is 1. The first-order valence-electron chi connectivity index (χ1n) is 10.7. The van der Waals surface area contributed by atoms with Crippen LogP contribution in [0.1, 0.15) is 68.8 Å². The minimum atomic E-state index is -0.874. The van der Waals surface area contributed by atoms with Crippen LogP contribution in [0.4, 0.5) is 0 Å². The Hall–Kier alpha value is -2.93. The number of aromatic hydroxyl groups is 1.